The maximum Gasteiger partial charge on any atom is 0.0687 e. The molecule has 0 aromatic heterocycles. The largest absolute Gasteiger partial charge is 0.372 e. The summed E-state index contributed by atoms with van der Waals surface area (Å²) < 4.78 is 6.66. The molecule has 1 atom stereocenters. The van der Waals surface area contributed by atoms with Crippen molar-refractivity contribution in [2.75, 3.05) is 13.1 Å². The molecule has 1 spiro atoms. The monoisotopic (exact) mass is 293 g/mol. The third kappa shape index (κ3) is 3.82. The highest BCUT2D eigenvalue weighted by Crippen LogP contribution is 2.48. The van der Waals surface area contributed by atoms with Gasteiger partial charge in [-0.1, -0.05) is 39.0 Å². The summed E-state index contributed by atoms with van der Waals surface area (Å²) in [5.74, 6) is 0. The van der Waals surface area contributed by atoms with E-state index in [0.717, 1.165) is 0 Å². The van der Waals surface area contributed by atoms with Gasteiger partial charge in [-0.3, -0.25) is 0 Å². The first-order valence-corrected chi connectivity index (χ1v) is 9.65. The molecule has 2 heteroatoms. The minimum absolute atomic E-state index is 0.305. The molecule has 0 aromatic carbocycles. The Morgan fingerprint density at radius 1 is 0.952 bits per heavy atom. The van der Waals surface area contributed by atoms with Crippen molar-refractivity contribution in [2.24, 2.45) is 5.41 Å². The van der Waals surface area contributed by atoms with Gasteiger partial charge in [0.15, 0.2) is 0 Å². The summed E-state index contributed by atoms with van der Waals surface area (Å²) in [6, 6.07) is 0. The Morgan fingerprint density at radius 3 is 2.38 bits per heavy atom. The molecule has 1 heterocycles. The average Bonchev–Trinajstić information content (AvgIpc) is 3.09. The van der Waals surface area contributed by atoms with Crippen molar-refractivity contribution in [2.45, 2.75) is 102 Å². The van der Waals surface area contributed by atoms with E-state index >= 15 is 0 Å². The molecular formula is C19H35NO. The summed E-state index contributed by atoms with van der Waals surface area (Å²) >= 11 is 0. The number of hydrogen-bond donors (Lipinski definition) is 1. The van der Waals surface area contributed by atoms with Crippen molar-refractivity contribution in [3.05, 3.63) is 0 Å². The SMILES string of the molecule is CCCNCC1(CC2CCC3(CCCCC3)O2)CCCC1. The quantitative estimate of drug-likeness (QED) is 0.709. The maximum absolute atomic E-state index is 6.66. The zero-order chi connectivity index (χ0) is 14.6. The maximum atomic E-state index is 6.66. The van der Waals surface area contributed by atoms with E-state index < -0.39 is 0 Å². The third-order valence-electron chi connectivity index (χ3n) is 6.36. The predicted octanol–water partition coefficient (Wildman–Crippen LogP) is 4.82. The zero-order valence-corrected chi connectivity index (χ0v) is 14.1. The standard InChI is InChI=1S/C19H35NO/c1-2-14-20-16-18(9-6-7-10-18)15-17-8-13-19(21-17)11-4-3-5-12-19/h17,20H,2-16H2,1H3. The van der Waals surface area contributed by atoms with Crippen molar-refractivity contribution in [3.63, 3.8) is 0 Å². The molecular weight excluding hydrogens is 258 g/mol. The molecule has 1 unspecified atom stereocenters. The summed E-state index contributed by atoms with van der Waals surface area (Å²) in [5.41, 5.74) is 0.861. The molecule has 21 heavy (non-hydrogen) atoms. The lowest BCUT2D eigenvalue weighted by Crippen LogP contribution is -2.37. The van der Waals surface area contributed by atoms with Crippen LogP contribution in [0.5, 0.6) is 0 Å². The van der Waals surface area contributed by atoms with Crippen molar-refractivity contribution >= 4 is 0 Å². The molecule has 2 nitrogen and oxygen atoms in total. The molecule has 0 aromatic rings. The van der Waals surface area contributed by atoms with Crippen LogP contribution in [0.15, 0.2) is 0 Å². The van der Waals surface area contributed by atoms with E-state index in [-0.39, 0.29) is 0 Å². The third-order valence-corrected chi connectivity index (χ3v) is 6.36. The lowest BCUT2D eigenvalue weighted by atomic mass is 9.79. The van der Waals surface area contributed by atoms with Gasteiger partial charge < -0.3 is 10.1 Å². The second-order valence-corrected chi connectivity index (χ2v) is 8.11. The van der Waals surface area contributed by atoms with Crippen molar-refractivity contribution in [1.82, 2.24) is 5.32 Å². The topological polar surface area (TPSA) is 21.3 Å². The summed E-state index contributed by atoms with van der Waals surface area (Å²) in [4.78, 5) is 0. The second-order valence-electron chi connectivity index (χ2n) is 8.11. The Balaban J connectivity index is 1.54. The van der Waals surface area contributed by atoms with Crippen LogP contribution in [-0.4, -0.2) is 24.8 Å². The smallest absolute Gasteiger partial charge is 0.0687 e. The normalized spacial score (nSPS) is 31.0. The molecule has 1 aliphatic heterocycles. The van der Waals surface area contributed by atoms with E-state index in [1.165, 1.54) is 96.6 Å². The van der Waals surface area contributed by atoms with Gasteiger partial charge in [-0.2, -0.15) is 0 Å². The van der Waals surface area contributed by atoms with Gasteiger partial charge in [0.1, 0.15) is 0 Å². The van der Waals surface area contributed by atoms with Crippen LogP contribution in [0.1, 0.15) is 90.4 Å². The number of hydrogen-bond acceptors (Lipinski definition) is 2. The molecule has 0 radical (unpaired) electrons. The van der Waals surface area contributed by atoms with Crippen LogP contribution in [0.25, 0.3) is 0 Å². The summed E-state index contributed by atoms with van der Waals surface area (Å²) in [5, 5.41) is 3.71. The molecule has 0 amide bonds. The highest BCUT2D eigenvalue weighted by atomic mass is 16.5. The summed E-state index contributed by atoms with van der Waals surface area (Å²) in [7, 11) is 0. The summed E-state index contributed by atoms with van der Waals surface area (Å²) in [6.45, 7) is 4.67. The van der Waals surface area contributed by atoms with Crippen molar-refractivity contribution < 1.29 is 4.74 Å². The van der Waals surface area contributed by atoms with E-state index in [4.69, 9.17) is 4.74 Å². The van der Waals surface area contributed by atoms with E-state index in [0.29, 0.717) is 17.1 Å². The Bertz CT molecular complexity index is 316. The molecule has 122 valence electrons. The predicted molar refractivity (Wildman–Crippen MR) is 88.6 cm³/mol. The lowest BCUT2D eigenvalue weighted by Gasteiger charge is -2.36. The van der Waals surface area contributed by atoms with Gasteiger partial charge in [0.2, 0.25) is 0 Å². The fourth-order valence-corrected chi connectivity index (χ4v) is 5.19. The van der Waals surface area contributed by atoms with E-state index in [1.807, 2.05) is 0 Å². The minimum Gasteiger partial charge on any atom is -0.372 e. The Hall–Kier alpha value is -0.0800. The number of nitrogens with one attached hydrogen (secondary N) is 1. The first-order chi connectivity index (χ1) is 10.3. The average molecular weight is 293 g/mol. The van der Waals surface area contributed by atoms with Gasteiger partial charge in [0.25, 0.3) is 0 Å². The van der Waals surface area contributed by atoms with Gasteiger partial charge in [-0.05, 0) is 63.3 Å². The van der Waals surface area contributed by atoms with Crippen molar-refractivity contribution in [3.8, 4) is 0 Å². The van der Waals surface area contributed by atoms with Crippen LogP contribution in [-0.2, 0) is 4.74 Å². The molecule has 1 N–H and O–H groups in total. The second kappa shape index (κ2) is 7.00. The van der Waals surface area contributed by atoms with Crippen LogP contribution in [0.2, 0.25) is 0 Å². The fraction of sp³-hybridized carbons (Fsp3) is 1.00. The Kier molecular flexibility index (Phi) is 5.27. The molecule has 0 bridgehead atoms. The van der Waals surface area contributed by atoms with E-state index in [9.17, 15) is 0 Å². The zero-order valence-electron chi connectivity index (χ0n) is 14.1. The van der Waals surface area contributed by atoms with Crippen LogP contribution in [0.4, 0.5) is 0 Å². The Morgan fingerprint density at radius 2 is 1.67 bits per heavy atom. The Labute approximate surface area is 131 Å². The molecule has 3 rings (SSSR count). The van der Waals surface area contributed by atoms with Crippen molar-refractivity contribution in [1.29, 1.82) is 0 Å². The van der Waals surface area contributed by atoms with Crippen LogP contribution >= 0.6 is 0 Å². The van der Waals surface area contributed by atoms with Gasteiger partial charge in [0.05, 0.1) is 11.7 Å². The summed E-state index contributed by atoms with van der Waals surface area (Å²) in [6.07, 6.45) is 18.4. The van der Waals surface area contributed by atoms with Gasteiger partial charge in [0, 0.05) is 6.54 Å². The number of ether oxygens (including phenoxy) is 1. The van der Waals surface area contributed by atoms with Crippen LogP contribution in [0.3, 0.4) is 0 Å². The lowest BCUT2D eigenvalue weighted by molar-refractivity contribution is -0.0766. The minimum atomic E-state index is 0.305. The molecule has 1 saturated heterocycles. The van der Waals surface area contributed by atoms with Gasteiger partial charge in [-0.15, -0.1) is 0 Å². The van der Waals surface area contributed by atoms with Gasteiger partial charge in [-0.25, -0.2) is 0 Å². The van der Waals surface area contributed by atoms with Crippen LogP contribution < -0.4 is 5.32 Å². The molecule has 2 aliphatic carbocycles. The van der Waals surface area contributed by atoms with Gasteiger partial charge >= 0.3 is 0 Å². The molecule has 3 aliphatic rings. The highest BCUT2D eigenvalue weighted by Gasteiger charge is 2.44. The van der Waals surface area contributed by atoms with E-state index in [2.05, 4.69) is 12.2 Å². The fourth-order valence-electron chi connectivity index (χ4n) is 5.19. The molecule has 3 fully saturated rings. The number of rotatable bonds is 6. The molecule has 2 saturated carbocycles. The van der Waals surface area contributed by atoms with E-state index in [1.54, 1.807) is 0 Å². The van der Waals surface area contributed by atoms with Crippen LogP contribution in [0, 0.1) is 5.41 Å². The first-order valence-electron chi connectivity index (χ1n) is 9.65. The highest BCUT2D eigenvalue weighted by molar-refractivity contribution is 4.95. The first kappa shape index (κ1) is 15.8.